The summed E-state index contributed by atoms with van der Waals surface area (Å²) in [6.45, 7) is 0. The molecule has 0 aliphatic rings. The van der Waals surface area contributed by atoms with Crippen LogP contribution in [0.2, 0.25) is 0 Å². The highest BCUT2D eigenvalue weighted by Gasteiger charge is 2.07. The lowest BCUT2D eigenvalue weighted by atomic mass is 10.1. The van der Waals surface area contributed by atoms with Crippen LogP contribution >= 0.6 is 11.7 Å². The summed E-state index contributed by atoms with van der Waals surface area (Å²) in [7, 11) is 1.85. The number of hydrogen-bond acceptors (Lipinski definition) is 4. The molecule has 0 aliphatic carbocycles. The van der Waals surface area contributed by atoms with Crippen LogP contribution in [-0.2, 0) is 0 Å². The molecule has 0 fully saturated rings. The van der Waals surface area contributed by atoms with Gasteiger partial charge in [0.1, 0.15) is 5.69 Å². The van der Waals surface area contributed by atoms with Gasteiger partial charge in [0.15, 0.2) is 5.82 Å². The summed E-state index contributed by atoms with van der Waals surface area (Å²) in [5.41, 5.74) is 2.02. The van der Waals surface area contributed by atoms with Crippen molar-refractivity contribution in [1.82, 2.24) is 8.75 Å². The van der Waals surface area contributed by atoms with Gasteiger partial charge in [0.2, 0.25) is 0 Å². The minimum atomic E-state index is 0.844. The van der Waals surface area contributed by atoms with E-state index in [1.54, 1.807) is 0 Å². The van der Waals surface area contributed by atoms with Crippen molar-refractivity contribution < 1.29 is 0 Å². The molecule has 0 atom stereocenters. The number of hydrogen-bond donors (Lipinski definition) is 1. The van der Waals surface area contributed by atoms with E-state index in [0.717, 1.165) is 17.1 Å². The normalized spacial score (nSPS) is 9.92. The molecule has 0 saturated heterocycles. The molecule has 1 heterocycles. The Balaban J connectivity index is 2.47. The van der Waals surface area contributed by atoms with E-state index in [1.807, 2.05) is 37.4 Å². The predicted octanol–water partition coefficient (Wildman–Crippen LogP) is 2.25. The van der Waals surface area contributed by atoms with E-state index in [-0.39, 0.29) is 0 Å². The van der Waals surface area contributed by atoms with Crippen LogP contribution in [-0.4, -0.2) is 15.8 Å². The number of aromatic nitrogens is 2. The average molecular weight is 191 g/mol. The molecule has 0 aliphatic heterocycles. The molecule has 1 aromatic carbocycles. The van der Waals surface area contributed by atoms with Crippen LogP contribution in [0, 0.1) is 0 Å². The highest BCUT2D eigenvalue weighted by atomic mass is 32.1. The van der Waals surface area contributed by atoms with Crippen LogP contribution in [0.15, 0.2) is 30.3 Å². The van der Waals surface area contributed by atoms with Gasteiger partial charge in [0.25, 0.3) is 0 Å². The van der Waals surface area contributed by atoms with Crippen LogP contribution in [0.4, 0.5) is 5.82 Å². The number of anilines is 1. The van der Waals surface area contributed by atoms with Gasteiger partial charge in [0, 0.05) is 12.6 Å². The highest BCUT2D eigenvalue weighted by molar-refractivity contribution is 6.99. The molecule has 0 saturated carbocycles. The fourth-order valence-electron chi connectivity index (χ4n) is 1.14. The SMILES string of the molecule is CNc1nsnc1-c1ccccc1. The zero-order valence-electron chi connectivity index (χ0n) is 7.19. The fourth-order valence-corrected chi connectivity index (χ4v) is 1.71. The monoisotopic (exact) mass is 191 g/mol. The smallest absolute Gasteiger partial charge is 0.167 e. The van der Waals surface area contributed by atoms with Gasteiger partial charge in [-0.1, -0.05) is 30.3 Å². The van der Waals surface area contributed by atoms with Crippen molar-refractivity contribution in [2.24, 2.45) is 0 Å². The molecule has 0 radical (unpaired) electrons. The van der Waals surface area contributed by atoms with Gasteiger partial charge < -0.3 is 5.32 Å². The van der Waals surface area contributed by atoms with E-state index in [9.17, 15) is 0 Å². The maximum absolute atomic E-state index is 4.23. The third-order valence-electron chi connectivity index (χ3n) is 1.77. The first-order valence-electron chi connectivity index (χ1n) is 3.97. The molecule has 0 amide bonds. The standard InChI is InChI=1S/C9H9N3S/c1-10-9-8(11-13-12-9)7-5-3-2-4-6-7/h2-6H,1H3,(H,10,12). The van der Waals surface area contributed by atoms with Gasteiger partial charge in [-0.05, 0) is 0 Å². The Morgan fingerprint density at radius 1 is 1.15 bits per heavy atom. The van der Waals surface area contributed by atoms with E-state index in [4.69, 9.17) is 0 Å². The third kappa shape index (κ3) is 1.53. The van der Waals surface area contributed by atoms with Crippen LogP contribution < -0.4 is 5.32 Å². The lowest BCUT2D eigenvalue weighted by Gasteiger charge is -1.98. The van der Waals surface area contributed by atoms with Crippen LogP contribution in [0.3, 0.4) is 0 Å². The molecule has 2 aromatic rings. The second-order valence-electron chi connectivity index (χ2n) is 2.58. The predicted molar refractivity (Wildman–Crippen MR) is 54.9 cm³/mol. The van der Waals surface area contributed by atoms with Crippen molar-refractivity contribution in [3.05, 3.63) is 30.3 Å². The summed E-state index contributed by atoms with van der Waals surface area (Å²) in [5.74, 6) is 0.844. The molecule has 13 heavy (non-hydrogen) atoms. The Labute approximate surface area is 80.8 Å². The topological polar surface area (TPSA) is 37.8 Å². The summed E-state index contributed by atoms with van der Waals surface area (Å²) in [6, 6.07) is 10.0. The molecule has 66 valence electrons. The van der Waals surface area contributed by atoms with Crippen molar-refractivity contribution in [3.63, 3.8) is 0 Å². The first-order valence-corrected chi connectivity index (χ1v) is 4.70. The summed E-state index contributed by atoms with van der Waals surface area (Å²) >= 11 is 1.22. The third-order valence-corrected chi connectivity index (χ3v) is 2.30. The van der Waals surface area contributed by atoms with Gasteiger partial charge in [-0.2, -0.15) is 8.75 Å². The minimum absolute atomic E-state index is 0.844. The Morgan fingerprint density at radius 2 is 1.92 bits per heavy atom. The van der Waals surface area contributed by atoms with Gasteiger partial charge in [-0.15, -0.1) is 0 Å². The van der Waals surface area contributed by atoms with Crippen molar-refractivity contribution in [1.29, 1.82) is 0 Å². The summed E-state index contributed by atoms with van der Waals surface area (Å²) in [6.07, 6.45) is 0. The average Bonchev–Trinajstić information content (AvgIpc) is 2.67. The molecule has 0 unspecified atom stereocenters. The number of benzene rings is 1. The quantitative estimate of drug-likeness (QED) is 0.791. The Kier molecular flexibility index (Phi) is 2.23. The number of rotatable bonds is 2. The molecular formula is C9H9N3S. The maximum atomic E-state index is 4.23. The van der Waals surface area contributed by atoms with Gasteiger partial charge in [-0.25, -0.2) is 0 Å². The molecule has 0 spiro atoms. The summed E-state index contributed by atoms with van der Waals surface area (Å²) in [4.78, 5) is 0. The maximum Gasteiger partial charge on any atom is 0.167 e. The Hall–Kier alpha value is -1.42. The molecule has 4 heteroatoms. The van der Waals surface area contributed by atoms with Crippen LogP contribution in [0.5, 0.6) is 0 Å². The van der Waals surface area contributed by atoms with E-state index >= 15 is 0 Å². The van der Waals surface area contributed by atoms with Crippen molar-refractivity contribution >= 4 is 17.5 Å². The van der Waals surface area contributed by atoms with E-state index in [2.05, 4.69) is 14.1 Å². The van der Waals surface area contributed by atoms with Crippen LogP contribution in [0.1, 0.15) is 0 Å². The van der Waals surface area contributed by atoms with E-state index in [1.165, 1.54) is 11.7 Å². The van der Waals surface area contributed by atoms with Crippen molar-refractivity contribution in [2.75, 3.05) is 12.4 Å². The zero-order valence-corrected chi connectivity index (χ0v) is 8.01. The largest absolute Gasteiger partial charge is 0.370 e. The minimum Gasteiger partial charge on any atom is -0.370 e. The molecule has 1 N–H and O–H groups in total. The summed E-state index contributed by atoms with van der Waals surface area (Å²) < 4.78 is 8.36. The zero-order chi connectivity index (χ0) is 9.10. The van der Waals surface area contributed by atoms with E-state index < -0.39 is 0 Å². The van der Waals surface area contributed by atoms with Gasteiger partial charge in [0.05, 0.1) is 11.7 Å². The first kappa shape index (κ1) is 8.19. The van der Waals surface area contributed by atoms with Gasteiger partial charge >= 0.3 is 0 Å². The molecule has 0 bridgehead atoms. The van der Waals surface area contributed by atoms with E-state index in [0.29, 0.717) is 0 Å². The molecule has 3 nitrogen and oxygen atoms in total. The molecular weight excluding hydrogens is 182 g/mol. The van der Waals surface area contributed by atoms with Crippen LogP contribution in [0.25, 0.3) is 11.3 Å². The first-order chi connectivity index (χ1) is 6.42. The summed E-state index contributed by atoms with van der Waals surface area (Å²) in [5, 5.41) is 3.01. The molecule has 1 aromatic heterocycles. The lowest BCUT2D eigenvalue weighted by Crippen LogP contribution is -1.90. The lowest BCUT2D eigenvalue weighted by molar-refractivity contribution is 1.40. The number of nitrogens with one attached hydrogen (secondary N) is 1. The molecule has 2 rings (SSSR count). The second kappa shape index (κ2) is 3.53. The van der Waals surface area contributed by atoms with Gasteiger partial charge in [-0.3, -0.25) is 0 Å². The second-order valence-corrected chi connectivity index (χ2v) is 3.11. The fraction of sp³-hybridized carbons (Fsp3) is 0.111. The Bertz CT molecular complexity index is 383. The number of nitrogens with zero attached hydrogens (tertiary/aromatic N) is 2. The highest BCUT2D eigenvalue weighted by Crippen LogP contribution is 2.24. The van der Waals surface area contributed by atoms with Crippen molar-refractivity contribution in [3.8, 4) is 11.3 Å². The van der Waals surface area contributed by atoms with Crippen molar-refractivity contribution in [2.45, 2.75) is 0 Å². The Morgan fingerprint density at radius 3 is 2.62 bits per heavy atom.